The van der Waals surface area contributed by atoms with Crippen molar-refractivity contribution in [2.24, 2.45) is 0 Å². The fraction of sp³-hybridized carbons (Fsp3) is 0.250. The fourth-order valence-corrected chi connectivity index (χ4v) is 1.84. The lowest BCUT2D eigenvalue weighted by Gasteiger charge is -2.12. The SMILES string of the molecule is Cc1ccc(C(=O)c2cccnc2NC(C)C)cc1. The molecule has 0 unspecified atom stereocenters. The first-order valence-corrected chi connectivity index (χ1v) is 6.41. The molecule has 1 aromatic carbocycles. The summed E-state index contributed by atoms with van der Waals surface area (Å²) < 4.78 is 0. The summed E-state index contributed by atoms with van der Waals surface area (Å²) in [5, 5.41) is 3.20. The minimum Gasteiger partial charge on any atom is -0.367 e. The van der Waals surface area contributed by atoms with Crippen LogP contribution in [0.1, 0.15) is 35.3 Å². The van der Waals surface area contributed by atoms with Crippen molar-refractivity contribution in [1.82, 2.24) is 4.98 Å². The number of rotatable bonds is 4. The molecule has 0 fully saturated rings. The van der Waals surface area contributed by atoms with Crippen LogP contribution in [0.3, 0.4) is 0 Å². The maximum atomic E-state index is 12.5. The lowest BCUT2D eigenvalue weighted by molar-refractivity contribution is 0.103. The molecule has 3 heteroatoms. The van der Waals surface area contributed by atoms with E-state index in [1.807, 2.05) is 45.0 Å². The minimum absolute atomic E-state index is 0.00347. The molecule has 2 rings (SSSR count). The van der Waals surface area contributed by atoms with E-state index in [0.717, 1.165) is 5.56 Å². The van der Waals surface area contributed by atoms with Crippen molar-refractivity contribution >= 4 is 11.6 Å². The van der Waals surface area contributed by atoms with Crippen molar-refractivity contribution in [2.75, 3.05) is 5.32 Å². The van der Waals surface area contributed by atoms with Crippen LogP contribution in [-0.4, -0.2) is 16.8 Å². The maximum absolute atomic E-state index is 12.5. The van der Waals surface area contributed by atoms with Crippen LogP contribution in [0.4, 0.5) is 5.82 Å². The normalized spacial score (nSPS) is 10.5. The Morgan fingerprint density at radius 1 is 1.16 bits per heavy atom. The van der Waals surface area contributed by atoms with Gasteiger partial charge in [0.2, 0.25) is 0 Å². The molecule has 3 nitrogen and oxygen atoms in total. The highest BCUT2D eigenvalue weighted by atomic mass is 16.1. The number of anilines is 1. The number of hydrogen-bond acceptors (Lipinski definition) is 3. The van der Waals surface area contributed by atoms with Gasteiger partial charge in [-0.2, -0.15) is 0 Å². The van der Waals surface area contributed by atoms with Gasteiger partial charge in [-0.05, 0) is 32.9 Å². The lowest BCUT2D eigenvalue weighted by Crippen LogP contribution is -2.15. The number of aromatic nitrogens is 1. The first-order chi connectivity index (χ1) is 9.08. The van der Waals surface area contributed by atoms with Crippen molar-refractivity contribution in [3.05, 3.63) is 59.3 Å². The Kier molecular flexibility index (Phi) is 3.95. The Bertz CT molecular complexity index is 574. The van der Waals surface area contributed by atoms with Gasteiger partial charge < -0.3 is 5.32 Å². The third kappa shape index (κ3) is 3.19. The van der Waals surface area contributed by atoms with Gasteiger partial charge >= 0.3 is 0 Å². The Morgan fingerprint density at radius 2 is 1.84 bits per heavy atom. The highest BCUT2D eigenvalue weighted by Gasteiger charge is 2.14. The number of benzene rings is 1. The summed E-state index contributed by atoms with van der Waals surface area (Å²) in [6.45, 7) is 6.05. The maximum Gasteiger partial charge on any atom is 0.196 e. The molecular formula is C16H18N2O. The number of hydrogen-bond donors (Lipinski definition) is 1. The van der Waals surface area contributed by atoms with E-state index in [9.17, 15) is 4.79 Å². The molecule has 1 heterocycles. The molecule has 2 aromatic rings. The van der Waals surface area contributed by atoms with E-state index in [2.05, 4.69) is 10.3 Å². The average Bonchev–Trinajstić information content (AvgIpc) is 2.39. The Morgan fingerprint density at radius 3 is 2.47 bits per heavy atom. The molecule has 1 N–H and O–H groups in total. The van der Waals surface area contributed by atoms with Crippen LogP contribution in [-0.2, 0) is 0 Å². The minimum atomic E-state index is -0.00347. The molecule has 0 aliphatic rings. The van der Waals surface area contributed by atoms with E-state index in [1.165, 1.54) is 0 Å². The topological polar surface area (TPSA) is 42.0 Å². The molecule has 19 heavy (non-hydrogen) atoms. The number of aryl methyl sites for hydroxylation is 1. The molecule has 0 atom stereocenters. The third-order valence-corrected chi connectivity index (χ3v) is 2.79. The van der Waals surface area contributed by atoms with Crippen molar-refractivity contribution in [2.45, 2.75) is 26.8 Å². The number of carbonyl (C=O) groups excluding carboxylic acids is 1. The summed E-state index contributed by atoms with van der Waals surface area (Å²) in [4.78, 5) is 16.7. The molecule has 0 aliphatic heterocycles. The van der Waals surface area contributed by atoms with Crippen molar-refractivity contribution in [3.63, 3.8) is 0 Å². The van der Waals surface area contributed by atoms with Crippen LogP contribution in [0.2, 0.25) is 0 Å². The number of ketones is 1. The highest BCUT2D eigenvalue weighted by molar-refractivity contribution is 6.11. The van der Waals surface area contributed by atoms with Crippen LogP contribution in [0.5, 0.6) is 0 Å². The average molecular weight is 254 g/mol. The van der Waals surface area contributed by atoms with Crippen molar-refractivity contribution < 1.29 is 4.79 Å². The zero-order valence-corrected chi connectivity index (χ0v) is 11.5. The molecule has 0 saturated heterocycles. The standard InChI is InChI=1S/C16H18N2O/c1-11(2)18-16-14(5-4-10-17-16)15(19)13-8-6-12(3)7-9-13/h4-11H,1-3H3,(H,17,18). The summed E-state index contributed by atoms with van der Waals surface area (Å²) >= 11 is 0. The van der Waals surface area contributed by atoms with Crippen LogP contribution in [0, 0.1) is 6.92 Å². The van der Waals surface area contributed by atoms with Gasteiger partial charge in [-0.15, -0.1) is 0 Å². The second-order valence-corrected chi connectivity index (χ2v) is 4.89. The van der Waals surface area contributed by atoms with Crippen LogP contribution < -0.4 is 5.32 Å². The molecule has 1 aromatic heterocycles. The van der Waals surface area contributed by atoms with Gasteiger partial charge in [-0.25, -0.2) is 4.98 Å². The predicted octanol–water partition coefficient (Wildman–Crippen LogP) is 3.44. The summed E-state index contributed by atoms with van der Waals surface area (Å²) in [5.41, 5.74) is 2.44. The first-order valence-electron chi connectivity index (χ1n) is 6.41. The fourth-order valence-electron chi connectivity index (χ4n) is 1.84. The van der Waals surface area contributed by atoms with Gasteiger partial charge in [0, 0.05) is 17.8 Å². The van der Waals surface area contributed by atoms with Crippen LogP contribution in [0.15, 0.2) is 42.6 Å². The summed E-state index contributed by atoms with van der Waals surface area (Å²) in [7, 11) is 0. The molecule has 0 saturated carbocycles. The third-order valence-electron chi connectivity index (χ3n) is 2.79. The zero-order valence-electron chi connectivity index (χ0n) is 11.5. The number of pyridine rings is 1. The molecule has 0 radical (unpaired) electrons. The Hall–Kier alpha value is -2.16. The van der Waals surface area contributed by atoms with Gasteiger partial charge in [0.25, 0.3) is 0 Å². The monoisotopic (exact) mass is 254 g/mol. The van der Waals surface area contributed by atoms with E-state index in [-0.39, 0.29) is 11.8 Å². The molecule has 0 amide bonds. The Labute approximate surface area is 113 Å². The van der Waals surface area contributed by atoms with Gasteiger partial charge in [-0.1, -0.05) is 29.8 Å². The second-order valence-electron chi connectivity index (χ2n) is 4.89. The van der Waals surface area contributed by atoms with E-state index >= 15 is 0 Å². The molecule has 98 valence electrons. The van der Waals surface area contributed by atoms with E-state index < -0.39 is 0 Å². The number of nitrogens with one attached hydrogen (secondary N) is 1. The van der Waals surface area contributed by atoms with Crippen molar-refractivity contribution in [3.8, 4) is 0 Å². The molecule has 0 spiro atoms. The molecule has 0 bridgehead atoms. The van der Waals surface area contributed by atoms with Gasteiger partial charge in [0.15, 0.2) is 5.78 Å². The molecular weight excluding hydrogens is 236 g/mol. The van der Waals surface area contributed by atoms with Gasteiger partial charge in [0.1, 0.15) is 5.82 Å². The lowest BCUT2D eigenvalue weighted by atomic mass is 10.0. The summed E-state index contributed by atoms with van der Waals surface area (Å²) in [6, 6.07) is 11.4. The predicted molar refractivity (Wildman–Crippen MR) is 77.6 cm³/mol. The summed E-state index contributed by atoms with van der Waals surface area (Å²) in [6.07, 6.45) is 1.69. The quantitative estimate of drug-likeness (QED) is 0.850. The number of carbonyl (C=O) groups is 1. The molecule has 0 aliphatic carbocycles. The first kappa shape index (κ1) is 13.3. The summed E-state index contributed by atoms with van der Waals surface area (Å²) in [5.74, 6) is 0.638. The van der Waals surface area contributed by atoms with Gasteiger partial charge in [0.05, 0.1) is 5.56 Å². The van der Waals surface area contributed by atoms with Crippen molar-refractivity contribution in [1.29, 1.82) is 0 Å². The largest absolute Gasteiger partial charge is 0.367 e. The van der Waals surface area contributed by atoms with Crippen LogP contribution >= 0.6 is 0 Å². The van der Waals surface area contributed by atoms with E-state index in [4.69, 9.17) is 0 Å². The van der Waals surface area contributed by atoms with Gasteiger partial charge in [-0.3, -0.25) is 4.79 Å². The Balaban J connectivity index is 2.35. The smallest absolute Gasteiger partial charge is 0.196 e. The van der Waals surface area contributed by atoms with Crippen LogP contribution in [0.25, 0.3) is 0 Å². The highest BCUT2D eigenvalue weighted by Crippen LogP contribution is 2.18. The number of nitrogens with zero attached hydrogens (tertiary/aromatic N) is 1. The van der Waals surface area contributed by atoms with E-state index in [1.54, 1.807) is 18.3 Å². The second kappa shape index (κ2) is 5.65. The zero-order chi connectivity index (χ0) is 13.8. The van der Waals surface area contributed by atoms with E-state index in [0.29, 0.717) is 16.9 Å².